The summed E-state index contributed by atoms with van der Waals surface area (Å²) < 4.78 is 1.03. The van der Waals surface area contributed by atoms with Crippen LogP contribution in [-0.4, -0.2) is 22.4 Å². The van der Waals surface area contributed by atoms with Crippen molar-refractivity contribution in [3.05, 3.63) is 16.1 Å². The molecule has 0 radical (unpaired) electrons. The Morgan fingerprint density at radius 1 is 1.58 bits per heavy atom. The molecular formula is C7H9ClIN3. The number of hydrogen-bond donors (Lipinski definition) is 1. The summed E-state index contributed by atoms with van der Waals surface area (Å²) in [5.41, 5.74) is 0. The summed E-state index contributed by atoms with van der Waals surface area (Å²) in [6, 6.07) is 0. The molecule has 0 saturated carbocycles. The Kier molecular flexibility index (Phi) is 4.60. The molecule has 0 unspecified atom stereocenters. The molecular weight excluding hydrogens is 288 g/mol. The minimum Gasteiger partial charge on any atom is -0.369 e. The van der Waals surface area contributed by atoms with Crippen molar-refractivity contribution in [1.29, 1.82) is 0 Å². The Balaban J connectivity index is 2.46. The van der Waals surface area contributed by atoms with Gasteiger partial charge in [0.1, 0.15) is 12.1 Å². The monoisotopic (exact) mass is 297 g/mol. The van der Waals surface area contributed by atoms with Crippen LogP contribution in [0.25, 0.3) is 0 Å². The van der Waals surface area contributed by atoms with Crippen molar-refractivity contribution < 1.29 is 0 Å². The highest BCUT2D eigenvalue weighted by atomic mass is 127. The van der Waals surface area contributed by atoms with Crippen molar-refractivity contribution in [3.63, 3.8) is 0 Å². The van der Waals surface area contributed by atoms with Gasteiger partial charge in [0.05, 0.1) is 3.57 Å². The molecule has 0 amide bonds. The number of rotatable bonds is 4. The van der Waals surface area contributed by atoms with Crippen molar-refractivity contribution in [2.45, 2.75) is 6.42 Å². The molecule has 0 bridgehead atoms. The second kappa shape index (κ2) is 5.53. The van der Waals surface area contributed by atoms with Gasteiger partial charge in [0.15, 0.2) is 0 Å². The minimum absolute atomic E-state index is 0.675. The predicted molar refractivity (Wildman–Crippen MR) is 58.6 cm³/mol. The molecule has 0 atom stereocenters. The Hall–Kier alpha value is -0.100. The van der Waals surface area contributed by atoms with E-state index in [9.17, 15) is 0 Å². The van der Waals surface area contributed by atoms with Crippen LogP contribution < -0.4 is 5.32 Å². The molecule has 66 valence electrons. The fraction of sp³-hybridized carbons (Fsp3) is 0.429. The number of halogens is 2. The molecule has 1 N–H and O–H groups in total. The lowest BCUT2D eigenvalue weighted by molar-refractivity contribution is 0.968. The van der Waals surface area contributed by atoms with E-state index >= 15 is 0 Å². The fourth-order valence-electron chi connectivity index (χ4n) is 0.716. The molecule has 1 rings (SSSR count). The highest BCUT2D eigenvalue weighted by Gasteiger charge is 1.97. The van der Waals surface area contributed by atoms with Crippen LogP contribution in [0.3, 0.4) is 0 Å². The van der Waals surface area contributed by atoms with Crippen LogP contribution in [-0.2, 0) is 0 Å². The van der Waals surface area contributed by atoms with Crippen molar-refractivity contribution >= 4 is 40.0 Å². The molecule has 12 heavy (non-hydrogen) atoms. The summed E-state index contributed by atoms with van der Waals surface area (Å²) in [6.07, 6.45) is 4.25. The molecule has 0 saturated heterocycles. The second-order valence-electron chi connectivity index (χ2n) is 2.19. The number of anilines is 1. The second-order valence-corrected chi connectivity index (χ2v) is 3.73. The Bertz CT molecular complexity index is 244. The summed E-state index contributed by atoms with van der Waals surface area (Å²) in [5, 5.41) is 3.17. The SMILES string of the molecule is ClCCCNc1ncncc1I. The van der Waals surface area contributed by atoms with Gasteiger partial charge >= 0.3 is 0 Å². The molecule has 0 fully saturated rings. The Morgan fingerprint density at radius 2 is 2.42 bits per heavy atom. The molecule has 1 aromatic heterocycles. The van der Waals surface area contributed by atoms with Crippen LogP contribution in [0.5, 0.6) is 0 Å². The topological polar surface area (TPSA) is 37.8 Å². The summed E-state index contributed by atoms with van der Waals surface area (Å²) in [7, 11) is 0. The first-order valence-corrected chi connectivity index (χ1v) is 5.21. The van der Waals surface area contributed by atoms with Gasteiger partial charge in [0.25, 0.3) is 0 Å². The van der Waals surface area contributed by atoms with Gasteiger partial charge in [0, 0.05) is 18.6 Å². The van der Waals surface area contributed by atoms with E-state index in [0.717, 1.165) is 22.4 Å². The van der Waals surface area contributed by atoms with E-state index in [1.54, 1.807) is 6.20 Å². The lowest BCUT2D eigenvalue weighted by atomic mass is 10.4. The van der Waals surface area contributed by atoms with Crippen LogP contribution in [0.1, 0.15) is 6.42 Å². The third-order valence-corrected chi connectivity index (χ3v) is 2.33. The van der Waals surface area contributed by atoms with Gasteiger partial charge in [-0.15, -0.1) is 11.6 Å². The zero-order valence-corrected chi connectivity index (χ0v) is 9.34. The number of hydrogen-bond acceptors (Lipinski definition) is 3. The highest BCUT2D eigenvalue weighted by Crippen LogP contribution is 2.11. The summed E-state index contributed by atoms with van der Waals surface area (Å²) in [5.74, 6) is 1.56. The maximum Gasteiger partial charge on any atom is 0.142 e. The lowest BCUT2D eigenvalue weighted by Gasteiger charge is -2.04. The standard InChI is InChI=1S/C7H9ClIN3/c8-2-1-3-11-7-6(9)4-10-5-12-7/h4-5H,1-3H2,(H,10,11,12). The third-order valence-electron chi connectivity index (χ3n) is 1.27. The van der Waals surface area contributed by atoms with Crippen LogP contribution in [0.4, 0.5) is 5.82 Å². The molecule has 5 heteroatoms. The number of nitrogens with zero attached hydrogens (tertiary/aromatic N) is 2. The smallest absolute Gasteiger partial charge is 0.142 e. The average molecular weight is 298 g/mol. The molecule has 1 aromatic rings. The lowest BCUT2D eigenvalue weighted by Crippen LogP contribution is -2.05. The van der Waals surface area contributed by atoms with Gasteiger partial charge < -0.3 is 5.32 Å². The summed E-state index contributed by atoms with van der Waals surface area (Å²) >= 11 is 7.72. The first-order valence-electron chi connectivity index (χ1n) is 3.60. The van der Waals surface area contributed by atoms with Gasteiger partial charge in [-0.25, -0.2) is 9.97 Å². The first-order chi connectivity index (χ1) is 5.84. The number of alkyl halides is 1. The van der Waals surface area contributed by atoms with Gasteiger partial charge in [-0.2, -0.15) is 0 Å². The van der Waals surface area contributed by atoms with E-state index in [1.807, 2.05) is 0 Å². The van der Waals surface area contributed by atoms with E-state index in [1.165, 1.54) is 6.33 Å². The van der Waals surface area contributed by atoms with Gasteiger partial charge in [-0.3, -0.25) is 0 Å². The maximum absolute atomic E-state index is 5.53. The third kappa shape index (κ3) is 3.10. The van der Waals surface area contributed by atoms with Crippen molar-refractivity contribution in [2.24, 2.45) is 0 Å². The van der Waals surface area contributed by atoms with Gasteiger partial charge in [0.2, 0.25) is 0 Å². The number of aromatic nitrogens is 2. The van der Waals surface area contributed by atoms with E-state index in [4.69, 9.17) is 11.6 Å². The molecule has 0 aromatic carbocycles. The summed E-state index contributed by atoms with van der Waals surface area (Å²) in [6.45, 7) is 0.858. The van der Waals surface area contributed by atoms with Gasteiger partial charge in [-0.05, 0) is 29.0 Å². The molecule has 1 heterocycles. The zero-order valence-electron chi connectivity index (χ0n) is 6.43. The minimum atomic E-state index is 0.675. The van der Waals surface area contributed by atoms with Crippen LogP contribution in [0, 0.1) is 3.57 Å². The number of nitrogens with one attached hydrogen (secondary N) is 1. The molecule has 0 aliphatic rings. The zero-order chi connectivity index (χ0) is 8.81. The van der Waals surface area contributed by atoms with Crippen LogP contribution in [0.2, 0.25) is 0 Å². The van der Waals surface area contributed by atoms with Gasteiger partial charge in [-0.1, -0.05) is 0 Å². The van der Waals surface area contributed by atoms with E-state index < -0.39 is 0 Å². The first kappa shape index (κ1) is 9.98. The Morgan fingerprint density at radius 3 is 3.08 bits per heavy atom. The molecule has 0 spiro atoms. The normalized spacial score (nSPS) is 9.83. The van der Waals surface area contributed by atoms with Crippen LogP contribution in [0.15, 0.2) is 12.5 Å². The molecule has 0 aliphatic heterocycles. The molecule has 0 aliphatic carbocycles. The van der Waals surface area contributed by atoms with E-state index in [2.05, 4.69) is 37.9 Å². The summed E-state index contributed by atoms with van der Waals surface area (Å²) in [4.78, 5) is 7.97. The maximum atomic E-state index is 5.53. The molecule has 3 nitrogen and oxygen atoms in total. The predicted octanol–water partition coefficient (Wildman–Crippen LogP) is 2.12. The van der Waals surface area contributed by atoms with Crippen LogP contribution >= 0.6 is 34.2 Å². The van der Waals surface area contributed by atoms with Crippen molar-refractivity contribution in [3.8, 4) is 0 Å². The van der Waals surface area contributed by atoms with Crippen molar-refractivity contribution in [1.82, 2.24) is 9.97 Å². The van der Waals surface area contributed by atoms with E-state index in [-0.39, 0.29) is 0 Å². The average Bonchev–Trinajstić information content (AvgIpc) is 2.09. The Labute approximate surface area is 90.1 Å². The fourth-order valence-corrected chi connectivity index (χ4v) is 1.34. The van der Waals surface area contributed by atoms with E-state index in [0.29, 0.717) is 5.88 Å². The van der Waals surface area contributed by atoms with Crippen molar-refractivity contribution in [2.75, 3.05) is 17.7 Å². The largest absolute Gasteiger partial charge is 0.369 e. The quantitative estimate of drug-likeness (QED) is 0.525. The highest BCUT2D eigenvalue weighted by molar-refractivity contribution is 14.1.